The number of Topliss-reactive ketones (excluding diaryl/α,β-unsaturated/α-hetero) is 1. The van der Waals surface area contributed by atoms with Crippen molar-refractivity contribution in [2.24, 2.45) is 11.3 Å². The number of carbonyl (C=O) groups excluding carboxylic acids is 1. The summed E-state index contributed by atoms with van der Waals surface area (Å²) in [5.41, 5.74) is 0.104. The number of hydrogen-bond acceptors (Lipinski definition) is 5. The van der Waals surface area contributed by atoms with Gasteiger partial charge in [0.1, 0.15) is 5.76 Å². The molecule has 6 nitrogen and oxygen atoms in total. The van der Waals surface area contributed by atoms with Crippen LogP contribution in [0.5, 0.6) is 0 Å². The summed E-state index contributed by atoms with van der Waals surface area (Å²) in [6.07, 6.45) is 1.92. The van der Waals surface area contributed by atoms with Gasteiger partial charge in [-0.2, -0.15) is 0 Å². The topological polar surface area (TPSA) is 89.3 Å². The molecular formula is C14H20N2O4S. The highest BCUT2D eigenvalue weighted by Crippen LogP contribution is 2.63. The molecule has 2 bridgehead atoms. The number of hydrogen-bond donors (Lipinski definition) is 1. The molecule has 7 heteroatoms. The summed E-state index contributed by atoms with van der Waals surface area (Å²) in [4.78, 5) is 12.4. The number of anilines is 1. The minimum atomic E-state index is -3.86. The van der Waals surface area contributed by atoms with Gasteiger partial charge in [-0.15, -0.1) is 0 Å². The quantitative estimate of drug-likeness (QED) is 0.924. The first-order valence-electron chi connectivity index (χ1n) is 7.15. The molecule has 2 unspecified atom stereocenters. The number of nitrogens with one attached hydrogen (secondary N) is 1. The van der Waals surface area contributed by atoms with E-state index in [9.17, 15) is 13.2 Å². The Morgan fingerprint density at radius 2 is 2.00 bits per heavy atom. The van der Waals surface area contributed by atoms with Crippen LogP contribution in [0.25, 0.3) is 0 Å². The Kier molecular flexibility index (Phi) is 2.84. The van der Waals surface area contributed by atoms with Crippen molar-refractivity contribution in [1.29, 1.82) is 0 Å². The van der Waals surface area contributed by atoms with Gasteiger partial charge < -0.3 is 4.52 Å². The third-order valence-corrected chi connectivity index (χ3v) is 7.81. The van der Waals surface area contributed by atoms with Crippen LogP contribution in [0.3, 0.4) is 0 Å². The summed E-state index contributed by atoms with van der Waals surface area (Å²) < 4.78 is 31.9. The highest BCUT2D eigenvalue weighted by Gasteiger charge is 2.75. The highest BCUT2D eigenvalue weighted by molar-refractivity contribution is 7.95. The number of carbonyl (C=O) groups is 1. The van der Waals surface area contributed by atoms with Crippen LogP contribution in [0.4, 0.5) is 5.82 Å². The standard InChI is InChI=1S/C14H20N2O4S/c1-8-9(2)20-15-12(8)16-21(18,19)14-7-5-6-10(11(14)17)13(14,3)4/h10H,5-7H2,1-4H3,(H,15,16). The Balaban J connectivity index is 2.02. The molecule has 2 atom stereocenters. The van der Waals surface area contributed by atoms with Gasteiger partial charge >= 0.3 is 0 Å². The molecule has 21 heavy (non-hydrogen) atoms. The fourth-order valence-corrected chi connectivity index (χ4v) is 6.24. The second-order valence-electron chi connectivity index (χ2n) is 6.68. The maximum atomic E-state index is 12.9. The fourth-order valence-electron chi connectivity index (χ4n) is 3.96. The number of fused-ring (bicyclic) bond motifs is 2. The average molecular weight is 312 g/mol. The smallest absolute Gasteiger partial charge is 0.247 e. The Hall–Kier alpha value is -1.37. The molecular weight excluding hydrogens is 292 g/mol. The molecule has 4 rings (SSSR count). The van der Waals surface area contributed by atoms with Crippen LogP contribution < -0.4 is 4.72 Å². The van der Waals surface area contributed by atoms with Gasteiger partial charge in [-0.1, -0.05) is 25.4 Å². The van der Waals surface area contributed by atoms with Crippen LogP contribution in [0.1, 0.15) is 44.4 Å². The van der Waals surface area contributed by atoms with Gasteiger partial charge in [0.05, 0.1) is 0 Å². The first-order valence-corrected chi connectivity index (χ1v) is 8.63. The van der Waals surface area contributed by atoms with Crippen molar-refractivity contribution in [1.82, 2.24) is 5.16 Å². The largest absolute Gasteiger partial charge is 0.359 e. The number of ketones is 1. The van der Waals surface area contributed by atoms with Crippen molar-refractivity contribution in [3.63, 3.8) is 0 Å². The molecule has 0 radical (unpaired) electrons. The maximum absolute atomic E-state index is 12.9. The van der Waals surface area contributed by atoms with Crippen molar-refractivity contribution in [2.45, 2.75) is 51.7 Å². The third-order valence-electron chi connectivity index (χ3n) is 5.50. The molecule has 0 saturated heterocycles. The monoisotopic (exact) mass is 312 g/mol. The van der Waals surface area contributed by atoms with E-state index in [4.69, 9.17) is 4.52 Å². The molecule has 3 aliphatic rings. The molecule has 0 aromatic carbocycles. The van der Waals surface area contributed by atoms with Crippen LogP contribution in [0.15, 0.2) is 4.52 Å². The van der Waals surface area contributed by atoms with Crippen LogP contribution >= 0.6 is 0 Å². The molecule has 3 fully saturated rings. The Bertz CT molecular complexity index is 719. The lowest BCUT2D eigenvalue weighted by Crippen LogP contribution is -2.75. The van der Waals surface area contributed by atoms with Crippen LogP contribution in [0, 0.1) is 25.2 Å². The normalized spacial score (nSPS) is 30.9. The average Bonchev–Trinajstić information content (AvgIpc) is 2.70. The molecule has 3 saturated carbocycles. The van der Waals surface area contributed by atoms with E-state index in [1.165, 1.54) is 0 Å². The summed E-state index contributed by atoms with van der Waals surface area (Å²) in [6.45, 7) is 7.20. The van der Waals surface area contributed by atoms with Crippen molar-refractivity contribution in [2.75, 3.05) is 4.72 Å². The summed E-state index contributed by atoms with van der Waals surface area (Å²) >= 11 is 0. The van der Waals surface area contributed by atoms with Crippen molar-refractivity contribution >= 4 is 21.6 Å². The van der Waals surface area contributed by atoms with E-state index in [-0.39, 0.29) is 17.5 Å². The Labute approximate surface area is 124 Å². The molecule has 1 heterocycles. The predicted octanol–water partition coefficient (Wildman–Crippen LogP) is 2.18. The lowest BCUT2D eigenvalue weighted by molar-refractivity contribution is -0.154. The van der Waals surface area contributed by atoms with Crippen LogP contribution in [-0.4, -0.2) is 24.1 Å². The van der Waals surface area contributed by atoms with Crippen molar-refractivity contribution in [3.05, 3.63) is 11.3 Å². The lowest BCUT2D eigenvalue weighted by atomic mass is 9.47. The number of aromatic nitrogens is 1. The molecule has 3 aliphatic carbocycles. The predicted molar refractivity (Wildman–Crippen MR) is 77.4 cm³/mol. The van der Waals surface area contributed by atoms with E-state index in [0.29, 0.717) is 17.7 Å². The molecule has 0 aliphatic heterocycles. The van der Waals surface area contributed by atoms with E-state index in [1.54, 1.807) is 13.8 Å². The first kappa shape index (κ1) is 14.6. The number of sulfonamides is 1. The summed E-state index contributed by atoms with van der Waals surface area (Å²) in [5.74, 6) is 0.442. The molecule has 1 N–H and O–H groups in total. The molecule has 1 aromatic heterocycles. The molecule has 116 valence electrons. The van der Waals surface area contributed by atoms with Gasteiger partial charge in [0.25, 0.3) is 0 Å². The second-order valence-corrected chi connectivity index (χ2v) is 8.58. The van der Waals surface area contributed by atoms with Gasteiger partial charge in [0.15, 0.2) is 16.3 Å². The first-order chi connectivity index (χ1) is 9.65. The molecule has 0 spiro atoms. The fraction of sp³-hybridized carbons (Fsp3) is 0.714. The molecule has 0 amide bonds. The van der Waals surface area contributed by atoms with E-state index in [2.05, 4.69) is 9.88 Å². The zero-order valence-corrected chi connectivity index (χ0v) is 13.5. The van der Waals surface area contributed by atoms with E-state index < -0.39 is 20.2 Å². The summed E-state index contributed by atoms with van der Waals surface area (Å²) in [6, 6.07) is 0. The Morgan fingerprint density at radius 1 is 1.33 bits per heavy atom. The van der Waals surface area contributed by atoms with Crippen LogP contribution in [0.2, 0.25) is 0 Å². The van der Waals surface area contributed by atoms with Crippen molar-refractivity contribution in [3.8, 4) is 0 Å². The zero-order chi connectivity index (χ0) is 15.6. The van der Waals surface area contributed by atoms with Crippen LogP contribution in [-0.2, 0) is 14.8 Å². The number of aryl methyl sites for hydroxylation is 1. The van der Waals surface area contributed by atoms with Gasteiger partial charge in [-0.05, 0) is 26.7 Å². The SMILES string of the molecule is Cc1onc(NS(=O)(=O)C23CCCC(C2=O)C3(C)C)c1C. The van der Waals surface area contributed by atoms with Crippen molar-refractivity contribution < 1.29 is 17.7 Å². The highest BCUT2D eigenvalue weighted by atomic mass is 32.2. The van der Waals surface area contributed by atoms with E-state index in [1.807, 2.05) is 13.8 Å². The Morgan fingerprint density at radius 3 is 2.48 bits per heavy atom. The van der Waals surface area contributed by atoms with Gasteiger partial charge in [0.2, 0.25) is 10.0 Å². The van der Waals surface area contributed by atoms with Gasteiger partial charge in [-0.25, -0.2) is 8.42 Å². The zero-order valence-electron chi connectivity index (χ0n) is 12.7. The lowest BCUT2D eigenvalue weighted by Gasteiger charge is -2.61. The molecule has 1 aromatic rings. The summed E-state index contributed by atoms with van der Waals surface area (Å²) in [5, 5.41) is 3.74. The maximum Gasteiger partial charge on any atom is 0.247 e. The van der Waals surface area contributed by atoms with E-state index in [0.717, 1.165) is 12.8 Å². The van der Waals surface area contributed by atoms with E-state index >= 15 is 0 Å². The second kappa shape index (κ2) is 4.09. The minimum Gasteiger partial charge on any atom is -0.359 e. The summed E-state index contributed by atoms with van der Waals surface area (Å²) in [7, 11) is -3.86. The third kappa shape index (κ3) is 1.55. The van der Waals surface area contributed by atoms with Gasteiger partial charge in [0, 0.05) is 16.9 Å². The van der Waals surface area contributed by atoms with Gasteiger partial charge in [-0.3, -0.25) is 9.52 Å². The minimum absolute atomic E-state index is 0.149. The number of nitrogens with zero attached hydrogens (tertiary/aromatic N) is 1. The number of rotatable bonds is 3.